The second kappa shape index (κ2) is 4.38. The van der Waals surface area contributed by atoms with E-state index >= 15 is 0 Å². The van der Waals surface area contributed by atoms with Gasteiger partial charge in [-0.2, -0.15) is 0 Å². The van der Waals surface area contributed by atoms with E-state index < -0.39 is 22.4 Å². The fraction of sp³-hybridized carbons (Fsp3) is 0.0833. The van der Waals surface area contributed by atoms with Crippen LogP contribution in [-0.4, -0.2) is 26.3 Å². The van der Waals surface area contributed by atoms with Gasteiger partial charge in [0, 0.05) is 19.3 Å². The Hall–Kier alpha value is -2.74. The van der Waals surface area contributed by atoms with E-state index in [1.165, 1.54) is 18.6 Å². The average Bonchev–Trinajstić information content (AvgIpc) is 2.93. The van der Waals surface area contributed by atoms with Crippen molar-refractivity contribution in [3.05, 3.63) is 50.9 Å². The minimum absolute atomic E-state index is 0.00705. The van der Waals surface area contributed by atoms with Crippen LogP contribution in [0.3, 0.4) is 0 Å². The predicted octanol–water partition coefficient (Wildman–Crippen LogP) is 1.78. The summed E-state index contributed by atoms with van der Waals surface area (Å²) in [5, 5.41) is 11.0. The molecule has 106 valence electrons. The molecule has 0 atom stereocenters. The Bertz CT molecular complexity index is 814. The summed E-state index contributed by atoms with van der Waals surface area (Å²) in [4.78, 5) is 39.8. The van der Waals surface area contributed by atoms with Crippen LogP contribution in [0.2, 0.25) is 5.02 Å². The van der Waals surface area contributed by atoms with Crippen LogP contribution in [0.5, 0.6) is 0 Å². The van der Waals surface area contributed by atoms with Crippen LogP contribution in [0.4, 0.5) is 11.5 Å². The molecular formula is C12H7ClN4O4. The van der Waals surface area contributed by atoms with Crippen LogP contribution in [0.25, 0.3) is 0 Å². The van der Waals surface area contributed by atoms with Crippen molar-refractivity contribution in [1.82, 2.24) is 9.55 Å². The van der Waals surface area contributed by atoms with Crippen molar-refractivity contribution in [2.75, 3.05) is 4.90 Å². The van der Waals surface area contributed by atoms with Gasteiger partial charge in [0.2, 0.25) is 0 Å². The molecule has 0 spiro atoms. The van der Waals surface area contributed by atoms with E-state index in [0.717, 1.165) is 11.0 Å². The molecule has 0 bridgehead atoms. The van der Waals surface area contributed by atoms with Gasteiger partial charge in [0.1, 0.15) is 5.56 Å². The van der Waals surface area contributed by atoms with Crippen molar-refractivity contribution in [3.63, 3.8) is 0 Å². The highest BCUT2D eigenvalue weighted by Gasteiger charge is 2.44. The van der Waals surface area contributed by atoms with E-state index in [4.69, 9.17) is 11.6 Å². The zero-order chi connectivity index (χ0) is 15.3. The molecule has 3 rings (SSSR count). The van der Waals surface area contributed by atoms with Gasteiger partial charge in [-0.3, -0.25) is 19.7 Å². The number of halogens is 1. The molecule has 1 aromatic heterocycles. The summed E-state index contributed by atoms with van der Waals surface area (Å²) in [5.41, 5.74) is -0.921. The quantitative estimate of drug-likeness (QED) is 0.478. The number of carbonyl (C=O) groups excluding carboxylic acids is 2. The van der Waals surface area contributed by atoms with Crippen molar-refractivity contribution in [2.24, 2.45) is 7.05 Å². The number of imide groups is 1. The van der Waals surface area contributed by atoms with Crippen LogP contribution >= 0.6 is 11.6 Å². The van der Waals surface area contributed by atoms with Gasteiger partial charge in [0.25, 0.3) is 17.5 Å². The first-order valence-electron chi connectivity index (χ1n) is 5.75. The van der Waals surface area contributed by atoms with E-state index in [1.807, 2.05) is 0 Å². The van der Waals surface area contributed by atoms with Gasteiger partial charge in [-0.25, -0.2) is 9.88 Å². The van der Waals surface area contributed by atoms with Gasteiger partial charge in [-0.1, -0.05) is 11.6 Å². The van der Waals surface area contributed by atoms with Crippen LogP contribution in [0, 0.1) is 10.1 Å². The molecule has 2 heterocycles. The van der Waals surface area contributed by atoms with Gasteiger partial charge >= 0.3 is 0 Å². The number of hydrogen-bond acceptors (Lipinski definition) is 5. The van der Waals surface area contributed by atoms with Crippen molar-refractivity contribution in [3.8, 4) is 0 Å². The lowest BCUT2D eigenvalue weighted by Crippen LogP contribution is -2.29. The van der Waals surface area contributed by atoms with E-state index in [1.54, 1.807) is 11.6 Å². The minimum Gasteiger partial charge on any atom is -0.338 e. The Morgan fingerprint density at radius 2 is 1.90 bits per heavy atom. The van der Waals surface area contributed by atoms with E-state index in [2.05, 4.69) is 4.98 Å². The highest BCUT2D eigenvalue weighted by Crippen LogP contribution is 2.37. The summed E-state index contributed by atoms with van der Waals surface area (Å²) in [6.07, 6.45) is 2.87. The van der Waals surface area contributed by atoms with Crippen LogP contribution in [0.1, 0.15) is 20.7 Å². The molecular weight excluding hydrogens is 300 g/mol. The predicted molar refractivity (Wildman–Crippen MR) is 72.5 cm³/mol. The number of anilines is 1. The Labute approximate surface area is 122 Å². The lowest BCUT2D eigenvalue weighted by atomic mass is 10.1. The Kier molecular flexibility index (Phi) is 2.77. The standard InChI is InChI=1S/C12H7ClN4O4/c1-15-4-8(14-5-15)16-11(18)9-6(13)2-3-7(17(20)21)10(9)12(16)19/h2-5H,1H3. The van der Waals surface area contributed by atoms with E-state index in [-0.39, 0.29) is 22.0 Å². The summed E-state index contributed by atoms with van der Waals surface area (Å²) in [6.45, 7) is 0. The molecule has 2 aromatic rings. The van der Waals surface area contributed by atoms with Crippen molar-refractivity contribution >= 4 is 34.9 Å². The molecule has 0 radical (unpaired) electrons. The number of nitro groups is 1. The number of aryl methyl sites for hydroxylation is 1. The van der Waals surface area contributed by atoms with Crippen LogP contribution < -0.4 is 4.90 Å². The van der Waals surface area contributed by atoms with Gasteiger partial charge in [-0.15, -0.1) is 0 Å². The summed E-state index contributed by atoms with van der Waals surface area (Å²) in [6, 6.07) is 2.33. The number of carbonyl (C=O) groups is 2. The number of imidazole rings is 1. The first-order chi connectivity index (χ1) is 9.91. The highest BCUT2D eigenvalue weighted by molar-refractivity contribution is 6.42. The number of nitrogens with zero attached hydrogens (tertiary/aromatic N) is 4. The number of hydrogen-bond donors (Lipinski definition) is 0. The van der Waals surface area contributed by atoms with Crippen molar-refractivity contribution in [2.45, 2.75) is 0 Å². The second-order valence-electron chi connectivity index (χ2n) is 4.42. The number of benzene rings is 1. The van der Waals surface area contributed by atoms with Crippen LogP contribution in [-0.2, 0) is 7.05 Å². The molecule has 2 amide bonds. The van der Waals surface area contributed by atoms with E-state index in [0.29, 0.717) is 0 Å². The molecule has 1 aromatic carbocycles. The minimum atomic E-state index is -0.803. The number of nitro benzene ring substituents is 1. The molecule has 0 saturated heterocycles. The average molecular weight is 307 g/mol. The maximum absolute atomic E-state index is 12.4. The fourth-order valence-electron chi connectivity index (χ4n) is 2.18. The van der Waals surface area contributed by atoms with Gasteiger partial charge < -0.3 is 4.57 Å². The first-order valence-corrected chi connectivity index (χ1v) is 6.13. The topological polar surface area (TPSA) is 98.3 Å². The highest BCUT2D eigenvalue weighted by atomic mass is 35.5. The third-order valence-corrected chi connectivity index (χ3v) is 3.40. The van der Waals surface area contributed by atoms with Crippen molar-refractivity contribution < 1.29 is 14.5 Å². The molecule has 8 nitrogen and oxygen atoms in total. The fourth-order valence-corrected chi connectivity index (χ4v) is 2.42. The molecule has 0 unspecified atom stereocenters. The Balaban J connectivity index is 2.23. The molecule has 21 heavy (non-hydrogen) atoms. The van der Waals surface area contributed by atoms with E-state index in [9.17, 15) is 19.7 Å². The molecule has 0 fully saturated rings. The lowest BCUT2D eigenvalue weighted by molar-refractivity contribution is -0.385. The summed E-state index contributed by atoms with van der Waals surface area (Å²) < 4.78 is 1.55. The van der Waals surface area contributed by atoms with Gasteiger partial charge in [0.05, 0.1) is 21.8 Å². The maximum Gasteiger partial charge on any atom is 0.283 e. The maximum atomic E-state index is 12.4. The third-order valence-electron chi connectivity index (χ3n) is 3.08. The smallest absolute Gasteiger partial charge is 0.283 e. The van der Waals surface area contributed by atoms with Crippen LogP contribution in [0.15, 0.2) is 24.7 Å². The van der Waals surface area contributed by atoms with Gasteiger partial charge in [0.15, 0.2) is 5.82 Å². The number of fused-ring (bicyclic) bond motifs is 1. The van der Waals surface area contributed by atoms with Gasteiger partial charge in [-0.05, 0) is 6.07 Å². The van der Waals surface area contributed by atoms with Crippen molar-refractivity contribution in [1.29, 1.82) is 0 Å². The largest absolute Gasteiger partial charge is 0.338 e. The SMILES string of the molecule is Cn1cnc(N2C(=O)c3c(Cl)ccc([N+](=O)[O-])c3C2=O)c1. The number of aromatic nitrogens is 2. The zero-order valence-corrected chi connectivity index (χ0v) is 11.4. The Morgan fingerprint density at radius 3 is 2.48 bits per heavy atom. The second-order valence-corrected chi connectivity index (χ2v) is 4.82. The normalized spacial score (nSPS) is 13.7. The monoisotopic (exact) mass is 306 g/mol. The zero-order valence-electron chi connectivity index (χ0n) is 10.6. The summed E-state index contributed by atoms with van der Waals surface area (Å²) >= 11 is 5.92. The third kappa shape index (κ3) is 1.80. The molecule has 1 aliphatic heterocycles. The first kappa shape index (κ1) is 13.3. The summed E-state index contributed by atoms with van der Waals surface area (Å²) in [7, 11) is 1.67. The molecule has 1 aliphatic rings. The Morgan fingerprint density at radius 1 is 1.24 bits per heavy atom. The molecule has 0 N–H and O–H groups in total. The lowest BCUT2D eigenvalue weighted by Gasteiger charge is -2.09. The summed E-state index contributed by atoms with van der Waals surface area (Å²) in [5.74, 6) is -1.43. The molecule has 0 aliphatic carbocycles. The molecule has 0 saturated carbocycles. The number of amides is 2. The number of rotatable bonds is 2. The molecule has 9 heteroatoms.